The van der Waals surface area contributed by atoms with Gasteiger partial charge in [-0.3, -0.25) is 4.79 Å². The van der Waals surface area contributed by atoms with E-state index in [0.717, 1.165) is 23.0 Å². The van der Waals surface area contributed by atoms with Crippen molar-refractivity contribution >= 4 is 17.0 Å². The SMILES string of the molecule is O=C(O)CCNCCc1ccc2[nH]c(=O)[nH]c2c1. The van der Waals surface area contributed by atoms with Gasteiger partial charge >= 0.3 is 11.7 Å². The molecule has 6 nitrogen and oxygen atoms in total. The van der Waals surface area contributed by atoms with Crippen LogP contribution in [-0.2, 0) is 11.2 Å². The number of aromatic amines is 2. The van der Waals surface area contributed by atoms with Gasteiger partial charge in [-0.1, -0.05) is 6.07 Å². The molecule has 1 heterocycles. The molecule has 0 atom stereocenters. The first kappa shape index (κ1) is 12.4. The molecule has 0 unspecified atom stereocenters. The van der Waals surface area contributed by atoms with Gasteiger partial charge in [-0.25, -0.2) is 4.79 Å². The Kier molecular flexibility index (Phi) is 3.78. The van der Waals surface area contributed by atoms with Gasteiger partial charge in [-0.2, -0.15) is 0 Å². The first-order valence-electron chi connectivity index (χ1n) is 5.78. The number of aliphatic carboxylic acids is 1. The molecule has 2 aromatic rings. The van der Waals surface area contributed by atoms with E-state index < -0.39 is 5.97 Å². The summed E-state index contributed by atoms with van der Waals surface area (Å²) in [6.45, 7) is 1.19. The lowest BCUT2D eigenvalue weighted by Crippen LogP contribution is -2.20. The quantitative estimate of drug-likeness (QED) is 0.559. The van der Waals surface area contributed by atoms with E-state index in [4.69, 9.17) is 5.11 Å². The molecule has 0 radical (unpaired) electrons. The molecule has 0 aliphatic carbocycles. The molecule has 1 aromatic carbocycles. The third-order valence-electron chi connectivity index (χ3n) is 2.69. The summed E-state index contributed by atoms with van der Waals surface area (Å²) in [5.74, 6) is -0.797. The fourth-order valence-corrected chi connectivity index (χ4v) is 1.79. The average molecular weight is 249 g/mol. The van der Waals surface area contributed by atoms with Crippen LogP contribution >= 0.6 is 0 Å². The molecule has 0 bridgehead atoms. The molecule has 0 aliphatic rings. The number of carboxylic acid groups (broad SMARTS) is 1. The molecule has 0 fully saturated rings. The maximum atomic E-state index is 11.1. The summed E-state index contributed by atoms with van der Waals surface area (Å²) >= 11 is 0. The minimum Gasteiger partial charge on any atom is -0.481 e. The summed E-state index contributed by atoms with van der Waals surface area (Å²) in [6.07, 6.45) is 0.924. The van der Waals surface area contributed by atoms with Crippen LogP contribution in [0.2, 0.25) is 0 Å². The van der Waals surface area contributed by atoms with Crippen molar-refractivity contribution in [1.82, 2.24) is 15.3 Å². The van der Waals surface area contributed by atoms with E-state index >= 15 is 0 Å². The van der Waals surface area contributed by atoms with Crippen LogP contribution in [0.4, 0.5) is 0 Å². The summed E-state index contributed by atoms with van der Waals surface area (Å²) in [4.78, 5) is 26.8. The number of carbonyl (C=O) groups is 1. The van der Waals surface area contributed by atoms with Crippen LogP contribution in [0.25, 0.3) is 11.0 Å². The van der Waals surface area contributed by atoms with E-state index in [1.807, 2.05) is 18.2 Å². The van der Waals surface area contributed by atoms with Crippen molar-refractivity contribution in [3.63, 3.8) is 0 Å². The van der Waals surface area contributed by atoms with Crippen molar-refractivity contribution < 1.29 is 9.90 Å². The van der Waals surface area contributed by atoms with Crippen LogP contribution in [-0.4, -0.2) is 34.1 Å². The number of hydrogen-bond acceptors (Lipinski definition) is 3. The van der Waals surface area contributed by atoms with E-state index in [0.29, 0.717) is 13.1 Å². The highest BCUT2D eigenvalue weighted by Crippen LogP contribution is 2.10. The molecule has 0 spiro atoms. The lowest BCUT2D eigenvalue weighted by atomic mass is 10.1. The van der Waals surface area contributed by atoms with Crippen molar-refractivity contribution in [2.75, 3.05) is 13.1 Å². The maximum Gasteiger partial charge on any atom is 0.323 e. The van der Waals surface area contributed by atoms with Gasteiger partial charge in [-0.05, 0) is 30.7 Å². The number of hydrogen-bond donors (Lipinski definition) is 4. The zero-order valence-corrected chi connectivity index (χ0v) is 9.82. The molecule has 6 heteroatoms. The fraction of sp³-hybridized carbons (Fsp3) is 0.333. The van der Waals surface area contributed by atoms with Crippen molar-refractivity contribution in [3.05, 3.63) is 34.2 Å². The molecule has 4 N–H and O–H groups in total. The molecular formula is C12H15N3O3. The van der Waals surface area contributed by atoms with E-state index in [2.05, 4.69) is 15.3 Å². The monoisotopic (exact) mass is 249 g/mol. The van der Waals surface area contributed by atoms with Crippen molar-refractivity contribution in [1.29, 1.82) is 0 Å². The molecule has 0 amide bonds. The summed E-state index contributed by atoms with van der Waals surface area (Å²) in [6, 6.07) is 5.73. The Bertz CT molecular complexity index is 600. The maximum absolute atomic E-state index is 11.1. The first-order valence-corrected chi connectivity index (χ1v) is 5.78. The van der Waals surface area contributed by atoms with Crippen LogP contribution in [0.3, 0.4) is 0 Å². The Morgan fingerprint density at radius 2 is 2.00 bits per heavy atom. The van der Waals surface area contributed by atoms with Gasteiger partial charge in [0.15, 0.2) is 0 Å². The smallest absolute Gasteiger partial charge is 0.323 e. The van der Waals surface area contributed by atoms with Crippen molar-refractivity contribution in [2.45, 2.75) is 12.8 Å². The molecule has 2 rings (SSSR count). The third kappa shape index (κ3) is 3.21. The Morgan fingerprint density at radius 3 is 2.78 bits per heavy atom. The molecular weight excluding hydrogens is 234 g/mol. The van der Waals surface area contributed by atoms with Gasteiger partial charge in [-0.15, -0.1) is 0 Å². The number of carboxylic acids is 1. The molecule has 0 saturated carbocycles. The van der Waals surface area contributed by atoms with E-state index in [9.17, 15) is 9.59 Å². The van der Waals surface area contributed by atoms with Crippen LogP contribution in [0.5, 0.6) is 0 Å². The standard InChI is InChI=1S/C12H15N3O3/c16-11(17)4-6-13-5-3-8-1-2-9-10(7-8)15-12(18)14-9/h1-2,7,13H,3-6H2,(H,16,17)(H2,14,15,18). The van der Waals surface area contributed by atoms with Crippen LogP contribution in [0.15, 0.2) is 23.0 Å². The number of nitrogens with one attached hydrogen (secondary N) is 3. The molecule has 18 heavy (non-hydrogen) atoms. The summed E-state index contributed by atoms with van der Waals surface area (Å²) < 4.78 is 0. The minimum absolute atomic E-state index is 0.129. The molecule has 96 valence electrons. The number of fused-ring (bicyclic) bond motifs is 1. The van der Waals surface area contributed by atoms with Crippen molar-refractivity contribution in [2.24, 2.45) is 0 Å². The molecule has 1 aromatic heterocycles. The lowest BCUT2D eigenvalue weighted by molar-refractivity contribution is -0.136. The second-order valence-electron chi connectivity index (χ2n) is 4.10. The Hall–Kier alpha value is -2.08. The van der Waals surface area contributed by atoms with Crippen LogP contribution in [0.1, 0.15) is 12.0 Å². The minimum atomic E-state index is -0.797. The fourth-order valence-electron chi connectivity index (χ4n) is 1.79. The van der Waals surface area contributed by atoms with Crippen LogP contribution in [0, 0.1) is 0 Å². The second kappa shape index (κ2) is 5.50. The topological polar surface area (TPSA) is 98.0 Å². The number of H-pyrrole nitrogens is 2. The highest BCUT2D eigenvalue weighted by Gasteiger charge is 2.00. The lowest BCUT2D eigenvalue weighted by Gasteiger charge is -2.03. The normalized spacial score (nSPS) is 10.9. The number of imidazole rings is 1. The van der Waals surface area contributed by atoms with Gasteiger partial charge in [0.25, 0.3) is 0 Å². The highest BCUT2D eigenvalue weighted by atomic mass is 16.4. The average Bonchev–Trinajstić information content (AvgIpc) is 2.67. The number of rotatable bonds is 6. The zero-order chi connectivity index (χ0) is 13.0. The highest BCUT2D eigenvalue weighted by molar-refractivity contribution is 5.75. The number of aromatic nitrogens is 2. The third-order valence-corrected chi connectivity index (χ3v) is 2.69. The van der Waals surface area contributed by atoms with Crippen molar-refractivity contribution in [3.8, 4) is 0 Å². The first-order chi connectivity index (χ1) is 8.65. The van der Waals surface area contributed by atoms with Gasteiger partial charge in [0, 0.05) is 6.54 Å². The summed E-state index contributed by atoms with van der Waals surface area (Å²) in [5, 5.41) is 11.5. The zero-order valence-electron chi connectivity index (χ0n) is 9.82. The second-order valence-corrected chi connectivity index (χ2v) is 4.10. The predicted octanol–water partition coefficient (Wildman–Crippen LogP) is 0.463. The summed E-state index contributed by atoms with van der Waals surface area (Å²) in [7, 11) is 0. The molecule has 0 saturated heterocycles. The molecule has 0 aliphatic heterocycles. The van der Waals surface area contributed by atoms with Crippen LogP contribution < -0.4 is 11.0 Å². The van der Waals surface area contributed by atoms with Gasteiger partial charge in [0.05, 0.1) is 17.5 Å². The van der Waals surface area contributed by atoms with E-state index in [-0.39, 0.29) is 12.1 Å². The number of benzene rings is 1. The van der Waals surface area contributed by atoms with E-state index in [1.54, 1.807) is 0 Å². The van der Waals surface area contributed by atoms with Gasteiger partial charge < -0.3 is 20.4 Å². The predicted molar refractivity (Wildman–Crippen MR) is 67.7 cm³/mol. The van der Waals surface area contributed by atoms with Gasteiger partial charge in [0.1, 0.15) is 0 Å². The largest absolute Gasteiger partial charge is 0.481 e. The van der Waals surface area contributed by atoms with E-state index in [1.165, 1.54) is 0 Å². The Labute approximate surface area is 103 Å². The Balaban J connectivity index is 1.87. The Morgan fingerprint density at radius 1 is 1.22 bits per heavy atom. The summed E-state index contributed by atoms with van der Waals surface area (Å²) in [5.41, 5.74) is 2.48. The van der Waals surface area contributed by atoms with Gasteiger partial charge in [0.2, 0.25) is 0 Å².